The highest BCUT2D eigenvalue weighted by Crippen LogP contribution is 2.32. The van der Waals surface area contributed by atoms with Gasteiger partial charge in [0.2, 0.25) is 0 Å². The van der Waals surface area contributed by atoms with Gasteiger partial charge in [-0.15, -0.1) is 0 Å². The van der Waals surface area contributed by atoms with Gasteiger partial charge in [-0.3, -0.25) is 4.79 Å². The van der Waals surface area contributed by atoms with Crippen molar-refractivity contribution in [2.45, 2.75) is 44.8 Å². The van der Waals surface area contributed by atoms with Crippen molar-refractivity contribution >= 4 is 5.97 Å². The third-order valence-corrected chi connectivity index (χ3v) is 3.56. The van der Waals surface area contributed by atoms with Crippen LogP contribution in [0.3, 0.4) is 0 Å². The second kappa shape index (κ2) is 5.83. The Morgan fingerprint density at radius 1 is 1.30 bits per heavy atom. The second-order valence-corrected chi connectivity index (χ2v) is 6.21. The van der Waals surface area contributed by atoms with Gasteiger partial charge in [0.05, 0.1) is 7.11 Å². The predicted molar refractivity (Wildman–Crippen MR) is 78.0 cm³/mol. The molecular formula is C16H23NO3. The van der Waals surface area contributed by atoms with Crippen LogP contribution in [0, 0.1) is 0 Å². The van der Waals surface area contributed by atoms with Crippen LogP contribution >= 0.6 is 0 Å². The molecule has 0 radical (unpaired) electrons. The monoisotopic (exact) mass is 277 g/mol. The molecule has 0 amide bonds. The number of benzene rings is 1. The van der Waals surface area contributed by atoms with E-state index in [1.165, 1.54) is 12.7 Å². The Hall–Kier alpha value is -1.55. The van der Waals surface area contributed by atoms with E-state index in [9.17, 15) is 4.79 Å². The van der Waals surface area contributed by atoms with E-state index >= 15 is 0 Å². The summed E-state index contributed by atoms with van der Waals surface area (Å²) in [6.45, 7) is 7.16. The van der Waals surface area contributed by atoms with Gasteiger partial charge < -0.3 is 14.8 Å². The Morgan fingerprint density at radius 3 is 2.65 bits per heavy atom. The lowest BCUT2D eigenvalue weighted by molar-refractivity contribution is -0.142. The lowest BCUT2D eigenvalue weighted by atomic mass is 9.86. The van der Waals surface area contributed by atoms with Gasteiger partial charge in [-0.1, -0.05) is 39.0 Å². The van der Waals surface area contributed by atoms with Crippen LogP contribution in [0.2, 0.25) is 0 Å². The fourth-order valence-corrected chi connectivity index (χ4v) is 2.48. The number of esters is 1. The van der Waals surface area contributed by atoms with Crippen molar-refractivity contribution < 1.29 is 14.3 Å². The Morgan fingerprint density at radius 2 is 2.00 bits per heavy atom. The summed E-state index contributed by atoms with van der Waals surface area (Å²) in [6, 6.07) is 7.83. The summed E-state index contributed by atoms with van der Waals surface area (Å²) in [5.74, 6) is 0.678. The summed E-state index contributed by atoms with van der Waals surface area (Å²) in [5, 5.41) is 3.14. The van der Waals surface area contributed by atoms with Gasteiger partial charge in [-0.05, 0) is 17.0 Å². The first kappa shape index (κ1) is 14.9. The van der Waals surface area contributed by atoms with Gasteiger partial charge in [0, 0.05) is 13.0 Å². The summed E-state index contributed by atoms with van der Waals surface area (Å²) in [5.41, 5.74) is 1.21. The number of ether oxygens (including phenoxy) is 2. The summed E-state index contributed by atoms with van der Waals surface area (Å²) >= 11 is 0. The quantitative estimate of drug-likeness (QED) is 0.861. The van der Waals surface area contributed by atoms with Crippen LogP contribution < -0.4 is 10.1 Å². The average molecular weight is 277 g/mol. The second-order valence-electron chi connectivity index (χ2n) is 6.21. The van der Waals surface area contributed by atoms with E-state index in [1.54, 1.807) is 0 Å². The Bertz CT molecular complexity index is 479. The lowest BCUT2D eigenvalue weighted by Crippen LogP contribution is -2.31. The summed E-state index contributed by atoms with van der Waals surface area (Å²) in [7, 11) is 1.41. The lowest BCUT2D eigenvalue weighted by Gasteiger charge is -2.24. The van der Waals surface area contributed by atoms with Crippen molar-refractivity contribution in [1.82, 2.24) is 5.32 Å². The van der Waals surface area contributed by atoms with E-state index in [0.717, 1.165) is 5.75 Å². The van der Waals surface area contributed by atoms with Gasteiger partial charge in [0.15, 0.2) is 0 Å². The van der Waals surface area contributed by atoms with Crippen molar-refractivity contribution in [3.8, 4) is 5.75 Å². The van der Waals surface area contributed by atoms with Crippen LogP contribution in [0.25, 0.3) is 0 Å². The molecule has 4 nitrogen and oxygen atoms in total. The normalized spacial score (nSPS) is 22.6. The molecule has 0 aromatic heterocycles. The first-order chi connectivity index (χ1) is 9.41. The highest BCUT2D eigenvalue weighted by Gasteiger charge is 2.32. The Labute approximate surface area is 120 Å². The van der Waals surface area contributed by atoms with Crippen molar-refractivity contribution in [3.63, 3.8) is 0 Å². The molecule has 1 heterocycles. The highest BCUT2D eigenvalue weighted by atomic mass is 16.5. The third kappa shape index (κ3) is 3.31. The van der Waals surface area contributed by atoms with E-state index in [0.29, 0.717) is 13.0 Å². The zero-order valence-corrected chi connectivity index (χ0v) is 12.6. The predicted octanol–water partition coefficient (Wildman–Crippen LogP) is 2.27. The molecule has 1 aliphatic heterocycles. The fraction of sp³-hybridized carbons (Fsp3) is 0.562. The van der Waals surface area contributed by atoms with E-state index in [2.05, 4.69) is 32.2 Å². The van der Waals surface area contributed by atoms with Crippen LogP contribution in [0.4, 0.5) is 0 Å². The molecule has 1 aromatic rings. The van der Waals surface area contributed by atoms with Gasteiger partial charge in [-0.25, -0.2) is 0 Å². The minimum atomic E-state index is -0.258. The number of hydrogen-bond donors (Lipinski definition) is 1. The maximum atomic E-state index is 11.5. The Kier molecular flexibility index (Phi) is 4.33. The fourth-order valence-electron chi connectivity index (χ4n) is 2.48. The highest BCUT2D eigenvalue weighted by molar-refractivity contribution is 5.76. The maximum absolute atomic E-state index is 11.5. The molecule has 0 spiro atoms. The Balaban J connectivity index is 2.07. The van der Waals surface area contributed by atoms with Crippen LogP contribution in [0.15, 0.2) is 24.3 Å². The summed E-state index contributed by atoms with van der Waals surface area (Å²) < 4.78 is 10.8. The first-order valence-corrected chi connectivity index (χ1v) is 6.99. The minimum absolute atomic E-state index is 0.00241. The largest absolute Gasteiger partial charge is 0.489 e. The molecular weight excluding hydrogens is 254 g/mol. The smallest absolute Gasteiger partial charge is 0.323 e. The molecule has 1 saturated heterocycles. The van der Waals surface area contributed by atoms with E-state index in [4.69, 9.17) is 9.47 Å². The minimum Gasteiger partial charge on any atom is -0.489 e. The maximum Gasteiger partial charge on any atom is 0.323 e. The molecule has 0 aliphatic carbocycles. The van der Waals surface area contributed by atoms with E-state index in [1.807, 2.05) is 18.2 Å². The van der Waals surface area contributed by atoms with Crippen LogP contribution in [0.5, 0.6) is 5.75 Å². The number of rotatable bonds is 3. The average Bonchev–Trinajstić information content (AvgIpc) is 2.86. The molecule has 20 heavy (non-hydrogen) atoms. The molecule has 4 heteroatoms. The number of para-hydroxylation sites is 1. The van der Waals surface area contributed by atoms with Crippen molar-refractivity contribution in [3.05, 3.63) is 29.8 Å². The standard InChI is InChI=1S/C16H23NO3/c1-16(2,3)12-7-5-6-8-14(12)20-11-9-13(17-10-11)15(18)19-4/h5-8,11,13,17H,9-10H2,1-4H3/t11-,13-/m0/s1. The van der Waals surface area contributed by atoms with Crippen molar-refractivity contribution in [1.29, 1.82) is 0 Å². The zero-order chi connectivity index (χ0) is 14.8. The van der Waals surface area contributed by atoms with Crippen molar-refractivity contribution in [2.24, 2.45) is 0 Å². The molecule has 1 N–H and O–H groups in total. The molecule has 0 saturated carbocycles. The SMILES string of the molecule is COC(=O)[C@@H]1C[C@H](Oc2ccccc2C(C)(C)C)CN1. The molecule has 1 aromatic carbocycles. The van der Waals surface area contributed by atoms with E-state index < -0.39 is 0 Å². The molecule has 2 rings (SSSR count). The van der Waals surface area contributed by atoms with Gasteiger partial charge >= 0.3 is 5.97 Å². The third-order valence-electron chi connectivity index (χ3n) is 3.56. The van der Waals surface area contributed by atoms with Crippen LogP contribution in [0.1, 0.15) is 32.8 Å². The molecule has 0 unspecified atom stereocenters. The number of hydrogen-bond acceptors (Lipinski definition) is 4. The number of carbonyl (C=O) groups excluding carboxylic acids is 1. The molecule has 0 bridgehead atoms. The first-order valence-electron chi connectivity index (χ1n) is 6.99. The van der Waals surface area contributed by atoms with Crippen LogP contribution in [-0.2, 0) is 14.9 Å². The number of nitrogens with one attached hydrogen (secondary N) is 1. The van der Waals surface area contributed by atoms with Gasteiger partial charge in [-0.2, -0.15) is 0 Å². The summed E-state index contributed by atoms with van der Waals surface area (Å²) in [6.07, 6.45) is 0.646. The number of carbonyl (C=O) groups is 1. The van der Waals surface area contributed by atoms with E-state index in [-0.39, 0.29) is 23.5 Å². The molecule has 1 aliphatic rings. The topological polar surface area (TPSA) is 47.6 Å². The van der Waals surface area contributed by atoms with Gasteiger partial charge in [0.1, 0.15) is 17.9 Å². The van der Waals surface area contributed by atoms with Crippen molar-refractivity contribution in [2.75, 3.05) is 13.7 Å². The van der Waals surface area contributed by atoms with Crippen LogP contribution in [-0.4, -0.2) is 31.8 Å². The van der Waals surface area contributed by atoms with Gasteiger partial charge in [0.25, 0.3) is 0 Å². The molecule has 2 atom stereocenters. The summed E-state index contributed by atoms with van der Waals surface area (Å²) in [4.78, 5) is 11.5. The molecule has 110 valence electrons. The molecule has 1 fully saturated rings. The zero-order valence-electron chi connectivity index (χ0n) is 12.6. The number of methoxy groups -OCH3 is 1.